The molecule has 0 spiro atoms. The molecule has 5 rings (SSSR count). The third-order valence-electron chi connectivity index (χ3n) is 13.3. The lowest BCUT2D eigenvalue weighted by Crippen LogP contribution is -2.51. The lowest BCUT2D eigenvalue weighted by Gasteiger charge is -2.34. The molecule has 22 nitrogen and oxygen atoms in total. The summed E-state index contributed by atoms with van der Waals surface area (Å²) in [4.78, 5) is 87.1. The summed E-state index contributed by atoms with van der Waals surface area (Å²) in [6.45, 7) is 0.187. The fourth-order valence-corrected chi connectivity index (χ4v) is 9.10. The van der Waals surface area contributed by atoms with E-state index in [9.17, 15) is 69.3 Å². The molecule has 1 atom stereocenters. The molecule has 0 aromatic heterocycles. The molecule has 0 radical (unpaired) electrons. The van der Waals surface area contributed by atoms with Gasteiger partial charge < -0.3 is 59.4 Å². The second-order valence-corrected chi connectivity index (χ2v) is 20.3. The van der Waals surface area contributed by atoms with Crippen LogP contribution in [-0.2, 0) is 78.9 Å². The molecule has 0 aliphatic heterocycles. The third-order valence-corrected chi connectivity index (χ3v) is 13.3. The average Bonchev–Trinajstić information content (AvgIpc) is 3.55. The van der Waals surface area contributed by atoms with Gasteiger partial charge in [-0.05, 0) is 108 Å². The molecule has 0 bridgehead atoms. The van der Waals surface area contributed by atoms with Crippen molar-refractivity contribution < 1.29 is 93.0 Å². The number of ether oxygens (including phenoxy) is 5. The fourth-order valence-electron chi connectivity index (χ4n) is 9.10. The molecule has 0 fully saturated rings. The summed E-state index contributed by atoms with van der Waals surface area (Å²) >= 11 is 0. The van der Waals surface area contributed by atoms with Crippen molar-refractivity contribution in [3.05, 3.63) is 148 Å². The number of carbonyl (C=O) groups is 7. The molecule has 1 unspecified atom stereocenters. The fraction of sp³-hybridized carbons (Fsp3) is 0.403. The highest BCUT2D eigenvalue weighted by Crippen LogP contribution is 2.29. The second kappa shape index (κ2) is 34.7. The number of rotatable bonds is 42. The molecule has 22 heteroatoms. The Kier molecular flexibility index (Phi) is 27.3. The number of aryl methyl sites for hydroxylation is 2. The predicted octanol–water partition coefficient (Wildman–Crippen LogP) is 6.93. The zero-order chi connectivity index (χ0) is 61.0. The molecule has 0 aliphatic rings. The average molecular weight is 1170 g/mol. The Morgan fingerprint density at radius 2 is 0.810 bits per heavy atom. The molecule has 0 saturated heterocycles. The minimum atomic E-state index is -1.36. The molecule has 0 saturated carbocycles. The number of nitrogens with zero attached hydrogens (tertiary/aromatic N) is 3. The molecule has 5 aromatic carbocycles. The minimum Gasteiger partial charge on any atom is -0.489 e. The van der Waals surface area contributed by atoms with Gasteiger partial charge in [0.25, 0.3) is 0 Å². The van der Waals surface area contributed by atoms with Crippen LogP contribution in [0.1, 0.15) is 78.5 Å². The van der Waals surface area contributed by atoms with Crippen LogP contribution in [0.15, 0.2) is 109 Å². The minimum absolute atomic E-state index is 0.0324. The summed E-state index contributed by atoms with van der Waals surface area (Å²) in [6.07, 6.45) is 4.43. The van der Waals surface area contributed by atoms with Crippen molar-refractivity contribution in [3.8, 4) is 28.7 Å². The van der Waals surface area contributed by atoms with Gasteiger partial charge in [0.1, 0.15) is 55.2 Å². The highest BCUT2D eigenvalue weighted by Gasteiger charge is 2.28. The van der Waals surface area contributed by atoms with Gasteiger partial charge in [0.05, 0.1) is 45.6 Å². The molecule has 7 N–H and O–H groups in total. The van der Waals surface area contributed by atoms with Crippen LogP contribution in [0.3, 0.4) is 0 Å². The Labute approximate surface area is 487 Å². The molecular formula is C62H75N3O19. The maximum Gasteiger partial charge on any atom is 0.317 e. The van der Waals surface area contributed by atoms with Gasteiger partial charge in [-0.1, -0.05) is 87.4 Å². The summed E-state index contributed by atoms with van der Waals surface area (Å²) in [5.41, 5.74) is 5.43. The van der Waals surface area contributed by atoms with Crippen molar-refractivity contribution in [3.63, 3.8) is 0 Å². The van der Waals surface area contributed by atoms with Gasteiger partial charge in [0, 0.05) is 36.8 Å². The van der Waals surface area contributed by atoms with Crippen molar-refractivity contribution in [2.45, 2.75) is 97.0 Å². The van der Waals surface area contributed by atoms with Gasteiger partial charge in [-0.15, -0.1) is 0 Å². The van der Waals surface area contributed by atoms with Gasteiger partial charge in [0.15, 0.2) is 6.10 Å². The number of hydrogen-bond acceptors (Lipinski definition) is 15. The lowest BCUT2D eigenvalue weighted by atomic mass is 10.0. The first-order valence-electron chi connectivity index (χ1n) is 27.6. The van der Waals surface area contributed by atoms with Crippen molar-refractivity contribution >= 4 is 41.8 Å². The Morgan fingerprint density at radius 3 is 1.21 bits per heavy atom. The van der Waals surface area contributed by atoms with Crippen LogP contribution in [0, 0.1) is 0 Å². The van der Waals surface area contributed by atoms with Gasteiger partial charge in [-0.3, -0.25) is 48.3 Å². The van der Waals surface area contributed by atoms with Crippen LogP contribution in [0.2, 0.25) is 0 Å². The van der Waals surface area contributed by atoms with Crippen LogP contribution < -0.4 is 23.7 Å². The van der Waals surface area contributed by atoms with Gasteiger partial charge >= 0.3 is 41.8 Å². The van der Waals surface area contributed by atoms with Crippen molar-refractivity contribution in [1.82, 2.24) is 14.7 Å². The summed E-state index contributed by atoms with van der Waals surface area (Å²) < 4.78 is 31.2. The molecule has 452 valence electrons. The topological polar surface area (TPSA) is 317 Å². The Balaban J connectivity index is 1.41. The summed E-state index contributed by atoms with van der Waals surface area (Å²) in [5, 5.41) is 68.1. The first-order chi connectivity index (χ1) is 40.2. The highest BCUT2D eigenvalue weighted by molar-refractivity contribution is 5.74. The van der Waals surface area contributed by atoms with Crippen LogP contribution >= 0.6 is 0 Å². The number of carboxylic acid groups (broad SMARTS) is 7. The molecular weight excluding hydrogens is 1090 g/mol. The van der Waals surface area contributed by atoms with Gasteiger partial charge in [0.2, 0.25) is 0 Å². The van der Waals surface area contributed by atoms with Crippen LogP contribution in [0.25, 0.3) is 0 Å². The van der Waals surface area contributed by atoms with E-state index in [0.717, 1.165) is 59.5 Å². The molecule has 0 heterocycles. The van der Waals surface area contributed by atoms with E-state index in [1.54, 1.807) is 60.7 Å². The summed E-state index contributed by atoms with van der Waals surface area (Å²) in [7, 11) is 0. The van der Waals surface area contributed by atoms with E-state index >= 15 is 0 Å². The third kappa shape index (κ3) is 24.8. The van der Waals surface area contributed by atoms with E-state index in [-0.39, 0.29) is 69.7 Å². The summed E-state index contributed by atoms with van der Waals surface area (Å²) in [5.74, 6) is -7.43. The van der Waals surface area contributed by atoms with E-state index in [1.807, 2.05) is 24.3 Å². The number of hydrogen-bond donors (Lipinski definition) is 7. The Hall–Kier alpha value is -8.73. The monoisotopic (exact) mass is 1170 g/mol. The number of carboxylic acids is 7. The van der Waals surface area contributed by atoms with E-state index in [0.29, 0.717) is 28.2 Å². The smallest absolute Gasteiger partial charge is 0.317 e. The quantitative estimate of drug-likeness (QED) is 0.0208. The van der Waals surface area contributed by atoms with E-state index in [2.05, 4.69) is 38.1 Å². The number of aliphatic carboxylic acids is 7. The van der Waals surface area contributed by atoms with E-state index < -0.39 is 99.5 Å². The Bertz CT molecular complexity index is 2780. The first-order valence-corrected chi connectivity index (χ1v) is 27.6. The van der Waals surface area contributed by atoms with Crippen molar-refractivity contribution in [1.29, 1.82) is 0 Å². The van der Waals surface area contributed by atoms with E-state index in [4.69, 9.17) is 23.7 Å². The zero-order valence-corrected chi connectivity index (χ0v) is 47.3. The molecule has 0 amide bonds. The van der Waals surface area contributed by atoms with E-state index in [1.165, 1.54) is 16.0 Å². The van der Waals surface area contributed by atoms with Crippen LogP contribution in [0.5, 0.6) is 28.7 Å². The van der Waals surface area contributed by atoms with Crippen LogP contribution in [0.4, 0.5) is 0 Å². The van der Waals surface area contributed by atoms with Gasteiger partial charge in [-0.2, -0.15) is 0 Å². The maximum atomic E-state index is 12.2. The maximum absolute atomic E-state index is 12.2. The lowest BCUT2D eigenvalue weighted by molar-refractivity contribution is -0.144. The highest BCUT2D eigenvalue weighted by atomic mass is 16.6. The van der Waals surface area contributed by atoms with Gasteiger partial charge in [-0.25, -0.2) is 0 Å². The number of benzene rings is 5. The predicted molar refractivity (Wildman–Crippen MR) is 306 cm³/mol. The van der Waals surface area contributed by atoms with Crippen molar-refractivity contribution in [2.24, 2.45) is 0 Å². The molecule has 84 heavy (non-hydrogen) atoms. The molecule has 5 aromatic rings. The first kappa shape index (κ1) is 66.1. The van der Waals surface area contributed by atoms with Crippen LogP contribution in [-0.4, -0.2) is 170 Å². The Morgan fingerprint density at radius 1 is 0.429 bits per heavy atom. The number of unbranched alkanes of at least 4 members (excludes halogenated alkanes) is 2. The largest absolute Gasteiger partial charge is 0.489 e. The van der Waals surface area contributed by atoms with Crippen molar-refractivity contribution in [2.75, 3.05) is 65.6 Å². The SMILES string of the molecule is CCCCc1ccc(COc2ccc(OCC(COc3ccc(OCc4ccc(CCCC)cc4)cc3CC(=O)O)Oc3ccc(CC(CN(CCN(CC(=O)O)CC(=O)O)CC(=O)O)N(CC(=O)O)CC(=O)O)cc3)c(CC(=O)O)c2)cc1. The normalized spacial score (nSPS) is 11.6. The zero-order valence-electron chi connectivity index (χ0n) is 47.3. The molecule has 0 aliphatic carbocycles. The summed E-state index contributed by atoms with van der Waals surface area (Å²) in [6, 6.07) is 31.3. The second-order valence-electron chi connectivity index (χ2n) is 20.3. The standard InChI is InChI=1S/C62H75N3O19/c1-3-5-7-42-9-13-45(14-10-42)38-80-51-21-23-54(47(28-51)30-56(66)67)82-40-53(41-83-55-24-22-52(29-48(55)31-57(68)69)81-39-46-15-11-43(12-16-46)8-6-4-2)84-50-19-17-44(18-20-50)27-49(65(36-61(76)77)37-62(78)79)32-63(33-58(70)71)25-26-64(34-59(72)73)35-60(74)75/h9-24,28-29,49,53H,3-8,25-27,30-41H2,1-2H3,(H,66,67)(H,68,69)(H,70,71)(H,72,73)(H,74,75)(H,76,77)(H,78,79).